The van der Waals surface area contributed by atoms with E-state index in [1.54, 1.807) is 11.8 Å². The molecule has 0 spiro atoms. The Kier molecular flexibility index (Phi) is 2.39. The van der Waals surface area contributed by atoms with Crippen LogP contribution in [0.25, 0.3) is 0 Å². The summed E-state index contributed by atoms with van der Waals surface area (Å²) in [6, 6.07) is 0. The molecule has 1 aliphatic rings. The molecule has 3 heteroatoms. The van der Waals surface area contributed by atoms with Gasteiger partial charge in [-0.05, 0) is 12.8 Å². The second kappa shape index (κ2) is 3.11. The summed E-state index contributed by atoms with van der Waals surface area (Å²) in [5.74, 6) is 0.317. The third kappa shape index (κ3) is 2.26. The molecule has 0 radical (unpaired) electrons. The smallest absolute Gasteiger partial charge is 0.227 e. The highest BCUT2D eigenvalue weighted by atomic mass is 32.2. The van der Waals surface area contributed by atoms with Gasteiger partial charge < -0.3 is 5.73 Å². The van der Waals surface area contributed by atoms with Crippen LogP contribution in [0.15, 0.2) is 0 Å². The van der Waals surface area contributed by atoms with Crippen molar-refractivity contribution in [1.29, 1.82) is 0 Å². The van der Waals surface area contributed by atoms with Crippen molar-refractivity contribution in [3.05, 3.63) is 0 Å². The summed E-state index contributed by atoms with van der Waals surface area (Å²) in [5.41, 5.74) is 4.96. The molecule has 1 aliphatic carbocycles. The van der Waals surface area contributed by atoms with E-state index >= 15 is 0 Å². The van der Waals surface area contributed by atoms with Gasteiger partial charge in [-0.3, -0.25) is 4.79 Å². The van der Waals surface area contributed by atoms with Crippen molar-refractivity contribution in [2.24, 2.45) is 5.73 Å². The van der Waals surface area contributed by atoms with Crippen LogP contribution < -0.4 is 5.73 Å². The predicted octanol–water partition coefficient (Wildman–Crippen LogP) is 0.757. The SMILES string of the molecule is NC(=O)CSC1CCC1. The van der Waals surface area contributed by atoms with E-state index in [4.69, 9.17) is 5.73 Å². The minimum Gasteiger partial charge on any atom is -0.369 e. The highest BCUT2D eigenvalue weighted by molar-refractivity contribution is 8.00. The molecule has 2 N–H and O–H groups in total. The van der Waals surface area contributed by atoms with E-state index in [2.05, 4.69) is 0 Å². The van der Waals surface area contributed by atoms with Crippen LogP contribution in [0, 0.1) is 0 Å². The molecule has 0 saturated heterocycles. The lowest BCUT2D eigenvalue weighted by atomic mass is 10.0. The van der Waals surface area contributed by atoms with E-state index in [9.17, 15) is 4.79 Å². The molecule has 2 nitrogen and oxygen atoms in total. The van der Waals surface area contributed by atoms with Gasteiger partial charge >= 0.3 is 0 Å². The van der Waals surface area contributed by atoms with Crippen LogP contribution >= 0.6 is 11.8 Å². The number of rotatable bonds is 3. The van der Waals surface area contributed by atoms with Crippen LogP contribution in [-0.2, 0) is 4.79 Å². The lowest BCUT2D eigenvalue weighted by Crippen LogP contribution is -2.19. The first-order chi connectivity index (χ1) is 4.29. The zero-order chi connectivity index (χ0) is 6.69. The van der Waals surface area contributed by atoms with Crippen molar-refractivity contribution in [3.8, 4) is 0 Å². The summed E-state index contributed by atoms with van der Waals surface area (Å²) >= 11 is 1.70. The van der Waals surface area contributed by atoms with Crippen molar-refractivity contribution in [2.75, 3.05) is 5.75 Å². The maximum Gasteiger partial charge on any atom is 0.227 e. The van der Waals surface area contributed by atoms with Crippen molar-refractivity contribution in [3.63, 3.8) is 0 Å². The number of carbonyl (C=O) groups is 1. The summed E-state index contributed by atoms with van der Waals surface area (Å²) < 4.78 is 0. The molecule has 1 rings (SSSR count). The Morgan fingerprint density at radius 2 is 2.33 bits per heavy atom. The first kappa shape index (κ1) is 6.93. The van der Waals surface area contributed by atoms with Gasteiger partial charge in [-0.15, -0.1) is 11.8 Å². The molecule has 1 amide bonds. The highest BCUT2D eigenvalue weighted by Crippen LogP contribution is 2.30. The Hall–Kier alpha value is -0.180. The zero-order valence-electron chi connectivity index (χ0n) is 5.30. The van der Waals surface area contributed by atoms with Crippen LogP contribution in [0.1, 0.15) is 19.3 Å². The highest BCUT2D eigenvalue weighted by Gasteiger charge is 2.17. The van der Waals surface area contributed by atoms with Crippen LogP contribution in [0.2, 0.25) is 0 Å². The molecule has 0 aromatic carbocycles. The molecule has 0 heterocycles. The van der Waals surface area contributed by atoms with Crippen LogP contribution in [0.4, 0.5) is 0 Å². The molecule has 52 valence electrons. The van der Waals surface area contributed by atoms with Gasteiger partial charge in [0.15, 0.2) is 0 Å². The lowest BCUT2D eigenvalue weighted by molar-refractivity contribution is -0.115. The summed E-state index contributed by atoms with van der Waals surface area (Å²) in [7, 11) is 0. The van der Waals surface area contributed by atoms with Gasteiger partial charge in [-0.2, -0.15) is 0 Å². The van der Waals surface area contributed by atoms with Crippen molar-refractivity contribution in [2.45, 2.75) is 24.5 Å². The molecule has 9 heavy (non-hydrogen) atoms. The first-order valence-electron chi connectivity index (χ1n) is 3.19. The number of primary amides is 1. The Morgan fingerprint density at radius 3 is 2.67 bits per heavy atom. The molecular formula is C6H11NOS. The molecule has 0 atom stereocenters. The average Bonchev–Trinajstić information content (AvgIpc) is 1.60. The maximum absolute atomic E-state index is 10.2. The second-order valence-electron chi connectivity index (χ2n) is 2.33. The van der Waals surface area contributed by atoms with E-state index in [1.165, 1.54) is 19.3 Å². The van der Waals surface area contributed by atoms with Gasteiger partial charge in [0, 0.05) is 5.25 Å². The average molecular weight is 145 g/mol. The minimum atomic E-state index is -0.188. The van der Waals surface area contributed by atoms with Crippen molar-refractivity contribution < 1.29 is 4.79 Å². The summed E-state index contributed by atoms with van der Waals surface area (Å²) in [5, 5.41) is 0.734. The van der Waals surface area contributed by atoms with Gasteiger partial charge in [0.05, 0.1) is 5.75 Å². The van der Waals surface area contributed by atoms with Crippen molar-refractivity contribution in [1.82, 2.24) is 0 Å². The lowest BCUT2D eigenvalue weighted by Gasteiger charge is -2.23. The van der Waals surface area contributed by atoms with E-state index in [-0.39, 0.29) is 5.91 Å². The third-order valence-electron chi connectivity index (χ3n) is 1.51. The second-order valence-corrected chi connectivity index (χ2v) is 3.62. The van der Waals surface area contributed by atoms with Crippen LogP contribution in [0.5, 0.6) is 0 Å². The van der Waals surface area contributed by atoms with Crippen molar-refractivity contribution >= 4 is 17.7 Å². The van der Waals surface area contributed by atoms with E-state index in [1.807, 2.05) is 0 Å². The molecule has 0 bridgehead atoms. The fourth-order valence-corrected chi connectivity index (χ4v) is 1.80. The predicted molar refractivity (Wildman–Crippen MR) is 39.3 cm³/mol. The third-order valence-corrected chi connectivity index (χ3v) is 2.91. The quantitative estimate of drug-likeness (QED) is 0.637. The fraction of sp³-hybridized carbons (Fsp3) is 0.833. The van der Waals surface area contributed by atoms with Gasteiger partial charge in [0.2, 0.25) is 5.91 Å². The molecule has 0 aliphatic heterocycles. The minimum absolute atomic E-state index is 0.188. The fourth-order valence-electron chi connectivity index (χ4n) is 0.737. The van der Waals surface area contributed by atoms with E-state index < -0.39 is 0 Å². The topological polar surface area (TPSA) is 43.1 Å². The standard InChI is InChI=1S/C6H11NOS/c7-6(8)4-9-5-2-1-3-5/h5H,1-4H2,(H2,7,8). The van der Waals surface area contributed by atoms with Gasteiger partial charge in [-0.1, -0.05) is 6.42 Å². The molecule has 1 fully saturated rings. The largest absolute Gasteiger partial charge is 0.369 e. The number of hydrogen-bond acceptors (Lipinski definition) is 2. The summed E-state index contributed by atoms with van der Waals surface area (Å²) in [6.45, 7) is 0. The first-order valence-corrected chi connectivity index (χ1v) is 4.24. The number of nitrogens with two attached hydrogens (primary N) is 1. The van der Waals surface area contributed by atoms with Gasteiger partial charge in [-0.25, -0.2) is 0 Å². The number of carbonyl (C=O) groups excluding carboxylic acids is 1. The van der Waals surface area contributed by atoms with E-state index in [0.29, 0.717) is 5.75 Å². The normalized spacial score (nSPS) is 19.1. The number of hydrogen-bond donors (Lipinski definition) is 1. The van der Waals surface area contributed by atoms with E-state index in [0.717, 1.165) is 5.25 Å². The Bertz CT molecular complexity index is 112. The molecule has 1 saturated carbocycles. The number of thioether (sulfide) groups is 1. The maximum atomic E-state index is 10.2. The van der Waals surface area contributed by atoms with Gasteiger partial charge in [0.1, 0.15) is 0 Å². The Balaban J connectivity index is 1.97. The van der Waals surface area contributed by atoms with Gasteiger partial charge in [0.25, 0.3) is 0 Å². The number of amides is 1. The molecule has 0 unspecified atom stereocenters. The molecule has 0 aromatic rings. The molecule has 0 aromatic heterocycles. The Morgan fingerprint density at radius 1 is 1.67 bits per heavy atom. The Labute approximate surface area is 59.2 Å². The summed E-state index contributed by atoms with van der Waals surface area (Å²) in [4.78, 5) is 10.2. The van der Waals surface area contributed by atoms with Crippen LogP contribution in [-0.4, -0.2) is 16.9 Å². The monoisotopic (exact) mass is 145 g/mol. The van der Waals surface area contributed by atoms with Crippen LogP contribution in [0.3, 0.4) is 0 Å². The molecular weight excluding hydrogens is 134 g/mol. The zero-order valence-corrected chi connectivity index (χ0v) is 6.12. The summed E-state index contributed by atoms with van der Waals surface area (Å²) in [6.07, 6.45) is 3.88.